The van der Waals surface area contributed by atoms with Crippen molar-refractivity contribution in [3.8, 4) is 0 Å². The van der Waals surface area contributed by atoms with E-state index in [1.807, 2.05) is 6.08 Å². The van der Waals surface area contributed by atoms with Crippen molar-refractivity contribution >= 4 is 12.0 Å². The first kappa shape index (κ1) is 29.8. The number of unbranched alkanes of at least 4 members (excludes halogenated alkanes) is 9. The smallest absolute Gasteiger partial charge is 0.305 e. The molecule has 36 heavy (non-hydrogen) atoms. The Morgan fingerprint density at radius 3 is 2.31 bits per heavy atom. The second-order valence-corrected chi connectivity index (χ2v) is 10.1. The molecule has 1 N–H and O–H groups in total. The van der Waals surface area contributed by atoms with Gasteiger partial charge in [0.25, 0.3) is 0 Å². The molecule has 2 atom stereocenters. The Hall–Kier alpha value is -2.40. The van der Waals surface area contributed by atoms with E-state index in [1.165, 1.54) is 44.8 Å². The van der Waals surface area contributed by atoms with Crippen molar-refractivity contribution in [1.29, 1.82) is 0 Å². The third-order valence-electron chi connectivity index (χ3n) is 7.08. The minimum absolute atomic E-state index is 0.111. The van der Waals surface area contributed by atoms with Crippen LogP contribution in [0.4, 0.5) is 0 Å². The zero-order valence-corrected chi connectivity index (χ0v) is 22.7. The molecule has 0 aliphatic heterocycles. The van der Waals surface area contributed by atoms with Crippen LogP contribution in [0.15, 0.2) is 49.6 Å². The molecule has 1 aromatic heterocycles. The van der Waals surface area contributed by atoms with Crippen LogP contribution in [-0.4, -0.2) is 28.9 Å². The van der Waals surface area contributed by atoms with Crippen LogP contribution in [0.2, 0.25) is 0 Å². The van der Waals surface area contributed by atoms with Crippen molar-refractivity contribution < 1.29 is 19.2 Å². The number of nitrogens with zero attached hydrogens (tertiary/aromatic N) is 2. The molecule has 5 nitrogen and oxygen atoms in total. The zero-order valence-electron chi connectivity index (χ0n) is 22.7. The molecule has 0 radical (unpaired) electrons. The highest BCUT2D eigenvalue weighted by molar-refractivity contribution is 5.68. The van der Waals surface area contributed by atoms with Crippen LogP contribution in [0.25, 0.3) is 6.08 Å². The van der Waals surface area contributed by atoms with Crippen LogP contribution in [0.1, 0.15) is 114 Å². The highest BCUT2D eigenvalue weighted by Gasteiger charge is 2.25. The summed E-state index contributed by atoms with van der Waals surface area (Å²) in [4.78, 5) is 11.2. The molecular formula is C31H49N2O3+. The van der Waals surface area contributed by atoms with Gasteiger partial charge in [0, 0.05) is 6.42 Å². The number of benzene rings is 1. The first-order valence-electron chi connectivity index (χ1n) is 14.1. The fraction of sp³-hybridized carbons (Fsp3) is 0.613. The van der Waals surface area contributed by atoms with E-state index < -0.39 is 0 Å². The summed E-state index contributed by atoms with van der Waals surface area (Å²) in [6.45, 7) is 6.89. The number of imidazole rings is 1. The SMILES string of the molecule is C=Cc1ccc(C[n+]2ccn(C(CCCCCCCC)C(O)CCCCCCCC(=O)OC)c2)cc1. The second kappa shape index (κ2) is 17.9. The van der Waals surface area contributed by atoms with Gasteiger partial charge < -0.3 is 9.84 Å². The molecular weight excluding hydrogens is 448 g/mol. The maximum atomic E-state index is 11.2. The maximum Gasteiger partial charge on any atom is 0.305 e. The molecule has 200 valence electrons. The Labute approximate surface area is 219 Å². The topological polar surface area (TPSA) is 55.3 Å². The highest BCUT2D eigenvalue weighted by atomic mass is 16.5. The molecule has 0 aliphatic rings. The van der Waals surface area contributed by atoms with E-state index >= 15 is 0 Å². The predicted octanol–water partition coefficient (Wildman–Crippen LogP) is 7.02. The summed E-state index contributed by atoms with van der Waals surface area (Å²) in [7, 11) is 1.44. The molecule has 1 heterocycles. The first-order chi connectivity index (χ1) is 17.6. The van der Waals surface area contributed by atoms with Crippen LogP contribution in [0.5, 0.6) is 0 Å². The lowest BCUT2D eigenvalue weighted by molar-refractivity contribution is -0.688. The summed E-state index contributed by atoms with van der Waals surface area (Å²) in [5.41, 5.74) is 2.38. The predicted molar refractivity (Wildman–Crippen MR) is 148 cm³/mol. The summed E-state index contributed by atoms with van der Waals surface area (Å²) in [6.07, 6.45) is 22.9. The Bertz CT molecular complexity index is 859. The lowest BCUT2D eigenvalue weighted by Crippen LogP contribution is -2.33. The molecule has 2 aromatic rings. The molecule has 1 aromatic carbocycles. The summed E-state index contributed by atoms with van der Waals surface area (Å²) in [5.74, 6) is -0.124. The second-order valence-electron chi connectivity index (χ2n) is 10.1. The number of methoxy groups -OCH3 is 1. The van der Waals surface area contributed by atoms with Gasteiger partial charge in [-0.3, -0.25) is 4.79 Å². The number of aromatic nitrogens is 2. The van der Waals surface area contributed by atoms with Crippen LogP contribution in [-0.2, 0) is 16.1 Å². The number of carbonyl (C=O) groups is 1. The van der Waals surface area contributed by atoms with Crippen LogP contribution in [0, 0.1) is 0 Å². The molecule has 2 rings (SSSR count). The lowest BCUT2D eigenvalue weighted by atomic mass is 9.97. The van der Waals surface area contributed by atoms with E-state index in [9.17, 15) is 9.90 Å². The molecule has 0 saturated carbocycles. The first-order valence-corrected chi connectivity index (χ1v) is 14.1. The largest absolute Gasteiger partial charge is 0.469 e. The maximum absolute atomic E-state index is 11.2. The van der Waals surface area contributed by atoms with Gasteiger partial charge in [0.1, 0.15) is 25.0 Å². The number of aliphatic hydroxyl groups is 1. The Balaban J connectivity index is 1.88. The molecule has 0 bridgehead atoms. The minimum Gasteiger partial charge on any atom is -0.469 e. The fourth-order valence-corrected chi connectivity index (χ4v) is 4.79. The third-order valence-corrected chi connectivity index (χ3v) is 7.08. The molecule has 5 heteroatoms. The molecule has 0 fully saturated rings. The number of hydrogen-bond acceptors (Lipinski definition) is 3. The van der Waals surface area contributed by atoms with Gasteiger partial charge in [-0.2, -0.15) is 0 Å². The van der Waals surface area contributed by atoms with Crippen molar-refractivity contribution in [3.05, 3.63) is 60.7 Å². The number of ether oxygens (including phenoxy) is 1. The molecule has 0 aliphatic carbocycles. The van der Waals surface area contributed by atoms with Crippen LogP contribution < -0.4 is 4.57 Å². The fourth-order valence-electron chi connectivity index (χ4n) is 4.79. The van der Waals surface area contributed by atoms with Crippen LogP contribution >= 0.6 is 0 Å². The van der Waals surface area contributed by atoms with E-state index in [0.717, 1.165) is 63.5 Å². The third kappa shape index (κ3) is 11.6. The average Bonchev–Trinajstić information content (AvgIpc) is 3.35. The van der Waals surface area contributed by atoms with E-state index in [0.29, 0.717) is 6.42 Å². The van der Waals surface area contributed by atoms with Crippen LogP contribution in [0.3, 0.4) is 0 Å². The molecule has 0 saturated heterocycles. The average molecular weight is 498 g/mol. The lowest BCUT2D eigenvalue weighted by Gasteiger charge is -2.20. The van der Waals surface area contributed by atoms with E-state index in [2.05, 4.69) is 65.6 Å². The molecule has 0 spiro atoms. The summed E-state index contributed by atoms with van der Waals surface area (Å²) >= 11 is 0. The summed E-state index contributed by atoms with van der Waals surface area (Å²) < 4.78 is 9.13. The van der Waals surface area contributed by atoms with Gasteiger partial charge in [-0.1, -0.05) is 102 Å². The van der Waals surface area contributed by atoms with Gasteiger partial charge in [0.05, 0.1) is 13.2 Å². The van der Waals surface area contributed by atoms with Gasteiger partial charge in [-0.15, -0.1) is 0 Å². The van der Waals surface area contributed by atoms with Crippen molar-refractivity contribution in [2.75, 3.05) is 7.11 Å². The minimum atomic E-state index is -0.344. The van der Waals surface area contributed by atoms with E-state index in [-0.39, 0.29) is 18.1 Å². The number of carbonyl (C=O) groups excluding carboxylic acids is 1. The van der Waals surface area contributed by atoms with Gasteiger partial charge in [0.2, 0.25) is 6.33 Å². The Morgan fingerprint density at radius 2 is 1.64 bits per heavy atom. The number of hydrogen-bond donors (Lipinski definition) is 1. The van der Waals surface area contributed by atoms with Gasteiger partial charge in [0.15, 0.2) is 0 Å². The van der Waals surface area contributed by atoms with Crippen molar-refractivity contribution in [3.63, 3.8) is 0 Å². The standard InChI is InChI=1S/C31H49N2O3/c1-4-6-7-8-10-13-16-29(30(34)17-14-11-9-12-15-18-31(35)36-3)33-24-23-32(26-33)25-28-21-19-27(5-2)20-22-28/h5,19-24,26,29-30,34H,2,4,6-18,25H2,1,3H3/q+1. The quantitative estimate of drug-likeness (QED) is 0.121. The van der Waals surface area contributed by atoms with Gasteiger partial charge >= 0.3 is 5.97 Å². The molecule has 0 amide bonds. The van der Waals surface area contributed by atoms with Gasteiger partial charge in [-0.25, -0.2) is 9.13 Å². The zero-order chi connectivity index (χ0) is 26.0. The van der Waals surface area contributed by atoms with Crippen molar-refractivity contribution in [2.24, 2.45) is 0 Å². The monoisotopic (exact) mass is 497 g/mol. The van der Waals surface area contributed by atoms with Gasteiger partial charge in [-0.05, 0) is 36.8 Å². The van der Waals surface area contributed by atoms with Crippen molar-refractivity contribution in [1.82, 2.24) is 4.57 Å². The Kier molecular flexibility index (Phi) is 14.9. The summed E-state index contributed by atoms with van der Waals surface area (Å²) in [6, 6.07) is 8.60. The highest BCUT2D eigenvalue weighted by Crippen LogP contribution is 2.24. The Morgan fingerprint density at radius 1 is 1.00 bits per heavy atom. The number of esters is 1. The van der Waals surface area contributed by atoms with E-state index in [4.69, 9.17) is 4.74 Å². The summed E-state index contributed by atoms with van der Waals surface area (Å²) in [5, 5.41) is 11.2. The number of aliphatic hydroxyl groups excluding tert-OH is 1. The van der Waals surface area contributed by atoms with E-state index in [1.54, 1.807) is 0 Å². The normalized spacial score (nSPS) is 12.9. The molecule has 2 unspecified atom stereocenters. The number of rotatable bonds is 20. The van der Waals surface area contributed by atoms with Crippen molar-refractivity contribution in [2.45, 2.75) is 116 Å².